The summed E-state index contributed by atoms with van der Waals surface area (Å²) in [7, 11) is 0. The molecule has 34 heavy (non-hydrogen) atoms. The molecule has 0 unspecified atom stereocenters. The molecule has 2 aromatic rings. The first kappa shape index (κ1) is 25.6. The van der Waals surface area contributed by atoms with Crippen LogP contribution in [0.5, 0.6) is 0 Å². The van der Waals surface area contributed by atoms with Gasteiger partial charge in [-0.1, -0.05) is 11.6 Å². The van der Waals surface area contributed by atoms with Gasteiger partial charge in [-0.05, 0) is 82.7 Å². The Morgan fingerprint density at radius 1 is 1.15 bits per heavy atom. The maximum atomic E-state index is 13.1. The van der Waals surface area contributed by atoms with Crippen molar-refractivity contribution < 1.29 is 14.7 Å². The van der Waals surface area contributed by atoms with Crippen molar-refractivity contribution >= 4 is 29.3 Å². The number of aromatic amines is 1. The Labute approximate surface area is 204 Å². The van der Waals surface area contributed by atoms with Crippen molar-refractivity contribution in [1.82, 2.24) is 15.6 Å². The standard InChI is InChI=1S/C25H33ClN4O4/c1-5-30(19-8-6-18(7-9-19)29-25(33)34)22-12-17(26)11-20(16(22)4)23(31)27-13-21-14(2)10-15(3)28-24(21)32/h10-12,18-19,29H,5-9,13H2,1-4H3,(H,27,31)(H,28,32)(H,33,34). The van der Waals surface area contributed by atoms with Crippen LogP contribution in [0.2, 0.25) is 5.02 Å². The molecule has 1 aromatic heterocycles. The molecule has 1 fully saturated rings. The average Bonchev–Trinajstić information content (AvgIpc) is 2.76. The number of nitrogens with one attached hydrogen (secondary N) is 3. The summed E-state index contributed by atoms with van der Waals surface area (Å²) in [5.74, 6) is -0.286. The number of rotatable bonds is 7. The van der Waals surface area contributed by atoms with Gasteiger partial charge in [0, 0.05) is 52.7 Å². The molecule has 0 aliphatic heterocycles. The lowest BCUT2D eigenvalue weighted by Crippen LogP contribution is -2.44. The van der Waals surface area contributed by atoms with Crippen LogP contribution in [0.1, 0.15) is 65.3 Å². The monoisotopic (exact) mass is 488 g/mol. The van der Waals surface area contributed by atoms with E-state index in [0.29, 0.717) is 16.1 Å². The first-order chi connectivity index (χ1) is 16.1. The molecule has 0 atom stereocenters. The first-order valence-corrected chi connectivity index (χ1v) is 12.0. The molecule has 1 saturated carbocycles. The second kappa shape index (κ2) is 11.0. The van der Waals surface area contributed by atoms with Gasteiger partial charge in [0.15, 0.2) is 0 Å². The number of halogens is 1. The minimum atomic E-state index is -0.986. The van der Waals surface area contributed by atoms with E-state index in [0.717, 1.165) is 54.7 Å². The Bertz CT molecular complexity index is 1120. The van der Waals surface area contributed by atoms with Gasteiger partial charge >= 0.3 is 6.09 Å². The summed E-state index contributed by atoms with van der Waals surface area (Å²) in [4.78, 5) is 41.4. The number of aromatic nitrogens is 1. The summed E-state index contributed by atoms with van der Waals surface area (Å²) in [6.45, 7) is 8.51. The van der Waals surface area contributed by atoms with Crippen molar-refractivity contribution in [1.29, 1.82) is 0 Å². The van der Waals surface area contributed by atoms with Gasteiger partial charge in [-0.15, -0.1) is 0 Å². The Morgan fingerprint density at radius 2 is 1.82 bits per heavy atom. The van der Waals surface area contributed by atoms with E-state index in [9.17, 15) is 14.4 Å². The van der Waals surface area contributed by atoms with Gasteiger partial charge in [0.25, 0.3) is 11.5 Å². The summed E-state index contributed by atoms with van der Waals surface area (Å²) in [5.41, 5.74) is 4.13. The highest BCUT2D eigenvalue weighted by Crippen LogP contribution is 2.33. The molecule has 0 bridgehead atoms. The van der Waals surface area contributed by atoms with Crippen LogP contribution in [0.15, 0.2) is 23.0 Å². The molecular weight excluding hydrogens is 456 g/mol. The van der Waals surface area contributed by atoms with Gasteiger partial charge < -0.3 is 25.6 Å². The van der Waals surface area contributed by atoms with Crippen LogP contribution < -0.4 is 21.1 Å². The molecule has 1 aliphatic carbocycles. The number of carboxylic acid groups (broad SMARTS) is 1. The zero-order valence-electron chi connectivity index (χ0n) is 20.1. The fourth-order valence-corrected chi connectivity index (χ4v) is 5.11. The lowest BCUT2D eigenvalue weighted by atomic mass is 9.89. The fourth-order valence-electron chi connectivity index (χ4n) is 4.90. The second-order valence-corrected chi connectivity index (χ2v) is 9.40. The number of H-pyrrole nitrogens is 1. The molecule has 4 N–H and O–H groups in total. The lowest BCUT2D eigenvalue weighted by molar-refractivity contribution is 0.0950. The molecule has 8 nitrogen and oxygen atoms in total. The number of aryl methyl sites for hydroxylation is 2. The van der Waals surface area contributed by atoms with Gasteiger partial charge in [-0.3, -0.25) is 9.59 Å². The lowest BCUT2D eigenvalue weighted by Gasteiger charge is -2.39. The molecular formula is C25H33ClN4O4. The molecule has 1 heterocycles. The summed E-state index contributed by atoms with van der Waals surface area (Å²) in [6, 6.07) is 5.63. The smallest absolute Gasteiger partial charge is 0.404 e. The Hall–Kier alpha value is -3.00. The van der Waals surface area contributed by atoms with Crippen LogP contribution in [-0.2, 0) is 6.54 Å². The molecule has 0 saturated heterocycles. The third kappa shape index (κ3) is 5.91. The predicted molar refractivity (Wildman–Crippen MR) is 134 cm³/mol. The molecule has 2 amide bonds. The number of anilines is 1. The van der Waals surface area contributed by atoms with Crippen LogP contribution >= 0.6 is 11.6 Å². The molecule has 0 spiro atoms. The number of benzene rings is 1. The number of nitrogens with zero attached hydrogens (tertiary/aromatic N) is 1. The average molecular weight is 489 g/mol. The summed E-state index contributed by atoms with van der Waals surface area (Å²) >= 11 is 6.43. The predicted octanol–water partition coefficient (Wildman–Crippen LogP) is 4.29. The number of hydrogen-bond acceptors (Lipinski definition) is 4. The third-order valence-corrected chi connectivity index (χ3v) is 6.84. The number of carbonyl (C=O) groups excluding carboxylic acids is 1. The highest BCUT2D eigenvalue weighted by atomic mass is 35.5. The maximum absolute atomic E-state index is 13.1. The van der Waals surface area contributed by atoms with E-state index in [2.05, 4.69) is 27.4 Å². The van der Waals surface area contributed by atoms with Gasteiger partial charge in [0.2, 0.25) is 0 Å². The number of pyridine rings is 1. The van der Waals surface area contributed by atoms with E-state index in [-0.39, 0.29) is 30.1 Å². The molecule has 184 valence electrons. The summed E-state index contributed by atoms with van der Waals surface area (Å²) < 4.78 is 0. The maximum Gasteiger partial charge on any atom is 0.404 e. The minimum absolute atomic E-state index is 0.0253. The van der Waals surface area contributed by atoms with Crippen molar-refractivity contribution in [2.75, 3.05) is 11.4 Å². The highest BCUT2D eigenvalue weighted by Gasteiger charge is 2.28. The quantitative estimate of drug-likeness (QED) is 0.464. The first-order valence-electron chi connectivity index (χ1n) is 11.6. The Kier molecular flexibility index (Phi) is 8.25. The highest BCUT2D eigenvalue weighted by molar-refractivity contribution is 6.31. The van der Waals surface area contributed by atoms with E-state index in [4.69, 9.17) is 16.7 Å². The largest absolute Gasteiger partial charge is 0.465 e. The summed E-state index contributed by atoms with van der Waals surface area (Å²) in [6.07, 6.45) is 2.25. The van der Waals surface area contributed by atoms with Crippen LogP contribution in [0.3, 0.4) is 0 Å². The topological polar surface area (TPSA) is 115 Å². The van der Waals surface area contributed by atoms with E-state index in [1.807, 2.05) is 32.9 Å². The number of carbonyl (C=O) groups is 2. The molecule has 1 aliphatic rings. The van der Waals surface area contributed by atoms with Crippen LogP contribution in [-0.4, -0.2) is 40.7 Å². The molecule has 1 aromatic carbocycles. The van der Waals surface area contributed by atoms with Crippen LogP contribution in [0.25, 0.3) is 0 Å². The van der Waals surface area contributed by atoms with E-state index in [1.54, 1.807) is 6.07 Å². The van der Waals surface area contributed by atoms with Crippen molar-refractivity contribution in [3.8, 4) is 0 Å². The Morgan fingerprint density at radius 3 is 2.41 bits per heavy atom. The summed E-state index contributed by atoms with van der Waals surface area (Å²) in [5, 5.41) is 14.9. The SMILES string of the molecule is CCN(c1cc(Cl)cc(C(=O)NCc2c(C)cc(C)[nH]c2=O)c1C)C1CCC(NC(=O)O)CC1. The third-order valence-electron chi connectivity index (χ3n) is 6.62. The van der Waals surface area contributed by atoms with E-state index < -0.39 is 6.09 Å². The fraction of sp³-hybridized carbons (Fsp3) is 0.480. The zero-order valence-corrected chi connectivity index (χ0v) is 20.9. The molecule has 0 radical (unpaired) electrons. The zero-order chi connectivity index (χ0) is 25.0. The molecule has 3 rings (SSSR count). The van der Waals surface area contributed by atoms with E-state index in [1.165, 1.54) is 0 Å². The number of amides is 2. The van der Waals surface area contributed by atoms with Crippen LogP contribution in [0.4, 0.5) is 10.5 Å². The van der Waals surface area contributed by atoms with Crippen molar-refractivity contribution in [3.05, 3.63) is 61.5 Å². The Balaban J connectivity index is 1.79. The second-order valence-electron chi connectivity index (χ2n) is 8.96. The van der Waals surface area contributed by atoms with Crippen LogP contribution in [0, 0.1) is 20.8 Å². The van der Waals surface area contributed by atoms with Gasteiger partial charge in [0.05, 0.1) is 0 Å². The van der Waals surface area contributed by atoms with Gasteiger partial charge in [-0.2, -0.15) is 0 Å². The van der Waals surface area contributed by atoms with Gasteiger partial charge in [-0.25, -0.2) is 4.79 Å². The number of hydrogen-bond donors (Lipinski definition) is 4. The van der Waals surface area contributed by atoms with Gasteiger partial charge in [0.1, 0.15) is 0 Å². The molecule has 9 heteroatoms. The van der Waals surface area contributed by atoms with Crippen molar-refractivity contribution in [3.63, 3.8) is 0 Å². The van der Waals surface area contributed by atoms with E-state index >= 15 is 0 Å². The van der Waals surface area contributed by atoms with Crippen molar-refractivity contribution in [2.24, 2.45) is 0 Å². The van der Waals surface area contributed by atoms with Crippen molar-refractivity contribution in [2.45, 2.75) is 72.0 Å². The normalized spacial score (nSPS) is 17.8. The minimum Gasteiger partial charge on any atom is -0.465 e.